The van der Waals surface area contributed by atoms with E-state index in [2.05, 4.69) is 10.3 Å². The Morgan fingerprint density at radius 2 is 2.17 bits per heavy atom. The Hall–Kier alpha value is -2.87. The number of halogens is 1. The molecule has 8 heteroatoms. The Balaban J connectivity index is 2.14. The van der Waals surface area contributed by atoms with E-state index in [0.29, 0.717) is 11.3 Å². The van der Waals surface area contributed by atoms with Crippen LogP contribution in [0.3, 0.4) is 0 Å². The predicted octanol–water partition coefficient (Wildman–Crippen LogP) is 1.86. The fourth-order valence-electron chi connectivity index (χ4n) is 1.99. The summed E-state index contributed by atoms with van der Waals surface area (Å²) in [5, 5.41) is 22.3. The lowest BCUT2D eigenvalue weighted by atomic mass is 10.1. The first-order chi connectivity index (χ1) is 10.9. The number of nitrogens with zero attached hydrogens (tertiary/aromatic N) is 2. The highest BCUT2D eigenvalue weighted by molar-refractivity contribution is 5.95. The zero-order valence-corrected chi connectivity index (χ0v) is 12.2. The van der Waals surface area contributed by atoms with E-state index in [1.54, 1.807) is 6.92 Å². The van der Waals surface area contributed by atoms with Crippen molar-refractivity contribution in [1.29, 1.82) is 0 Å². The first kappa shape index (κ1) is 16.5. The highest BCUT2D eigenvalue weighted by Gasteiger charge is 2.15. The molecule has 0 aliphatic carbocycles. The van der Waals surface area contributed by atoms with Crippen LogP contribution in [0.15, 0.2) is 30.5 Å². The number of carbonyl (C=O) groups is 1. The van der Waals surface area contributed by atoms with Gasteiger partial charge in [-0.2, -0.15) is 0 Å². The molecule has 23 heavy (non-hydrogen) atoms. The van der Waals surface area contributed by atoms with Gasteiger partial charge < -0.3 is 10.4 Å². The standard InChI is InChI=1S/C15H14FN3O4/c1-9-13(5-12(7-17-9)19(22)23)15(21)18-6-10-2-3-14(16)11(4-10)8-20/h2-5,7,20H,6,8H2,1H3,(H,18,21). The van der Waals surface area contributed by atoms with Crippen molar-refractivity contribution in [2.24, 2.45) is 0 Å². The molecular formula is C15H14FN3O4. The van der Waals surface area contributed by atoms with E-state index < -0.39 is 23.3 Å². The molecule has 0 spiro atoms. The second kappa shape index (κ2) is 6.93. The summed E-state index contributed by atoms with van der Waals surface area (Å²) >= 11 is 0. The number of nitro groups is 1. The lowest BCUT2D eigenvalue weighted by molar-refractivity contribution is -0.385. The molecule has 1 heterocycles. The number of aromatic nitrogens is 1. The Morgan fingerprint density at radius 1 is 1.43 bits per heavy atom. The third-order valence-electron chi connectivity index (χ3n) is 3.26. The van der Waals surface area contributed by atoms with Gasteiger partial charge in [0.25, 0.3) is 11.6 Å². The molecule has 0 fully saturated rings. The summed E-state index contributed by atoms with van der Waals surface area (Å²) in [4.78, 5) is 26.1. The topological polar surface area (TPSA) is 105 Å². The van der Waals surface area contributed by atoms with Crippen molar-refractivity contribution in [1.82, 2.24) is 10.3 Å². The normalized spacial score (nSPS) is 10.4. The number of benzene rings is 1. The van der Waals surface area contributed by atoms with Gasteiger partial charge in [-0.1, -0.05) is 6.07 Å². The Kier molecular flexibility index (Phi) is 4.97. The van der Waals surface area contributed by atoms with Crippen LogP contribution in [0.4, 0.5) is 10.1 Å². The van der Waals surface area contributed by atoms with E-state index in [1.165, 1.54) is 18.2 Å². The van der Waals surface area contributed by atoms with Crippen LogP contribution >= 0.6 is 0 Å². The molecule has 2 rings (SSSR count). The average molecular weight is 319 g/mol. The summed E-state index contributed by atoms with van der Waals surface area (Å²) in [6, 6.07) is 5.27. The number of amides is 1. The number of hydrogen-bond donors (Lipinski definition) is 2. The van der Waals surface area contributed by atoms with Crippen molar-refractivity contribution in [2.45, 2.75) is 20.1 Å². The lowest BCUT2D eigenvalue weighted by Crippen LogP contribution is -2.24. The van der Waals surface area contributed by atoms with E-state index in [9.17, 15) is 19.3 Å². The summed E-state index contributed by atoms with van der Waals surface area (Å²) in [6.45, 7) is 1.22. The molecule has 0 radical (unpaired) electrons. The molecule has 1 aromatic carbocycles. The van der Waals surface area contributed by atoms with Crippen molar-refractivity contribution < 1.29 is 19.2 Å². The molecule has 7 nitrogen and oxygen atoms in total. The van der Waals surface area contributed by atoms with Gasteiger partial charge >= 0.3 is 0 Å². The van der Waals surface area contributed by atoms with Crippen LogP contribution in [-0.4, -0.2) is 20.9 Å². The van der Waals surface area contributed by atoms with Gasteiger partial charge in [-0.05, 0) is 24.6 Å². The van der Waals surface area contributed by atoms with Crippen LogP contribution < -0.4 is 5.32 Å². The molecule has 0 aliphatic rings. The Bertz CT molecular complexity index is 764. The predicted molar refractivity (Wildman–Crippen MR) is 79.1 cm³/mol. The molecule has 1 aromatic heterocycles. The second-order valence-electron chi connectivity index (χ2n) is 4.85. The zero-order chi connectivity index (χ0) is 17.0. The SMILES string of the molecule is Cc1ncc([N+](=O)[O-])cc1C(=O)NCc1ccc(F)c(CO)c1. The van der Waals surface area contributed by atoms with Gasteiger partial charge in [0.15, 0.2) is 0 Å². The number of hydrogen-bond acceptors (Lipinski definition) is 5. The third-order valence-corrected chi connectivity index (χ3v) is 3.26. The van der Waals surface area contributed by atoms with Crippen LogP contribution in [0.1, 0.15) is 27.2 Å². The molecule has 0 atom stereocenters. The molecule has 120 valence electrons. The van der Waals surface area contributed by atoms with Crippen LogP contribution in [0.2, 0.25) is 0 Å². The quantitative estimate of drug-likeness (QED) is 0.646. The van der Waals surface area contributed by atoms with Gasteiger partial charge in [-0.15, -0.1) is 0 Å². The molecule has 0 saturated heterocycles. The number of rotatable bonds is 5. The van der Waals surface area contributed by atoms with E-state index in [1.807, 2.05) is 0 Å². The van der Waals surface area contributed by atoms with Crippen molar-refractivity contribution in [2.75, 3.05) is 0 Å². The maximum Gasteiger partial charge on any atom is 0.288 e. The Morgan fingerprint density at radius 3 is 2.83 bits per heavy atom. The largest absolute Gasteiger partial charge is 0.392 e. The number of aliphatic hydroxyl groups excluding tert-OH is 1. The molecule has 2 aromatic rings. The maximum absolute atomic E-state index is 13.3. The molecule has 0 saturated carbocycles. The molecule has 2 N–H and O–H groups in total. The van der Waals surface area contributed by atoms with E-state index in [-0.39, 0.29) is 23.4 Å². The monoisotopic (exact) mass is 319 g/mol. The van der Waals surface area contributed by atoms with Gasteiger partial charge in [0.2, 0.25) is 0 Å². The number of carbonyl (C=O) groups excluding carboxylic acids is 1. The number of aryl methyl sites for hydroxylation is 1. The molecular weight excluding hydrogens is 305 g/mol. The fraction of sp³-hybridized carbons (Fsp3) is 0.200. The summed E-state index contributed by atoms with van der Waals surface area (Å²) in [5.41, 5.74) is 0.918. The van der Waals surface area contributed by atoms with Crippen LogP contribution in [0.5, 0.6) is 0 Å². The second-order valence-corrected chi connectivity index (χ2v) is 4.85. The smallest absolute Gasteiger partial charge is 0.288 e. The van der Waals surface area contributed by atoms with Crippen molar-refractivity contribution in [3.05, 3.63) is 68.8 Å². The van der Waals surface area contributed by atoms with Gasteiger partial charge in [-0.3, -0.25) is 19.9 Å². The minimum atomic E-state index is -0.628. The zero-order valence-electron chi connectivity index (χ0n) is 12.2. The summed E-state index contributed by atoms with van der Waals surface area (Å²) in [6.07, 6.45) is 1.08. The van der Waals surface area contributed by atoms with Crippen molar-refractivity contribution in [3.8, 4) is 0 Å². The van der Waals surface area contributed by atoms with Crippen molar-refractivity contribution >= 4 is 11.6 Å². The lowest BCUT2D eigenvalue weighted by Gasteiger charge is -2.08. The first-order valence-electron chi connectivity index (χ1n) is 6.69. The summed E-state index contributed by atoms with van der Waals surface area (Å²) < 4.78 is 13.3. The van der Waals surface area contributed by atoms with Crippen LogP contribution in [-0.2, 0) is 13.2 Å². The molecule has 0 unspecified atom stereocenters. The van der Waals surface area contributed by atoms with Crippen molar-refractivity contribution in [3.63, 3.8) is 0 Å². The maximum atomic E-state index is 13.3. The van der Waals surface area contributed by atoms with Crippen LogP contribution in [0, 0.1) is 22.9 Å². The highest BCUT2D eigenvalue weighted by Crippen LogP contribution is 2.15. The number of pyridine rings is 1. The minimum absolute atomic E-state index is 0.0915. The first-order valence-corrected chi connectivity index (χ1v) is 6.69. The number of aliphatic hydroxyl groups is 1. The van der Waals surface area contributed by atoms with Gasteiger partial charge in [0.1, 0.15) is 12.0 Å². The fourth-order valence-corrected chi connectivity index (χ4v) is 1.99. The van der Waals surface area contributed by atoms with Crippen LogP contribution in [0.25, 0.3) is 0 Å². The molecule has 0 aliphatic heterocycles. The third kappa shape index (κ3) is 3.86. The van der Waals surface area contributed by atoms with E-state index in [4.69, 9.17) is 5.11 Å². The summed E-state index contributed by atoms with van der Waals surface area (Å²) in [5.74, 6) is -1.05. The Labute approximate surface area is 130 Å². The molecule has 0 bridgehead atoms. The highest BCUT2D eigenvalue weighted by atomic mass is 19.1. The van der Waals surface area contributed by atoms with Gasteiger partial charge in [0.05, 0.1) is 22.8 Å². The minimum Gasteiger partial charge on any atom is -0.392 e. The van der Waals surface area contributed by atoms with E-state index >= 15 is 0 Å². The van der Waals surface area contributed by atoms with Gasteiger partial charge in [-0.25, -0.2) is 4.39 Å². The molecule has 1 amide bonds. The number of nitrogens with one attached hydrogen (secondary N) is 1. The van der Waals surface area contributed by atoms with E-state index in [0.717, 1.165) is 12.3 Å². The van der Waals surface area contributed by atoms with Gasteiger partial charge in [0, 0.05) is 18.2 Å². The average Bonchev–Trinajstić information content (AvgIpc) is 2.53. The summed E-state index contributed by atoms with van der Waals surface area (Å²) in [7, 11) is 0.